The number of piperidine rings is 2. The van der Waals surface area contributed by atoms with Crippen LogP contribution < -0.4 is 20.1 Å². The number of rotatable bonds is 17. The van der Waals surface area contributed by atoms with Crippen LogP contribution in [-0.2, 0) is 22.1 Å². The molecule has 0 aliphatic carbocycles. The molecule has 3 aromatic carbocycles. The number of ether oxygens (including phenoxy) is 2. The van der Waals surface area contributed by atoms with Crippen LogP contribution in [0.2, 0.25) is 0 Å². The van der Waals surface area contributed by atoms with Gasteiger partial charge in [-0.05, 0) is 106 Å². The number of benzene rings is 3. The van der Waals surface area contributed by atoms with Crippen molar-refractivity contribution < 1.29 is 42.1 Å². The zero-order valence-corrected chi connectivity index (χ0v) is 34.4. The van der Waals surface area contributed by atoms with Gasteiger partial charge in [-0.15, -0.1) is 0 Å². The first-order valence-electron chi connectivity index (χ1n) is 20.9. The van der Waals surface area contributed by atoms with Crippen molar-refractivity contribution in [1.82, 2.24) is 25.1 Å². The molecular formula is C45H53F3N6O6. The molecule has 0 saturated carbocycles. The number of carbonyl (C=O) groups excluding carboxylic acids is 3. The van der Waals surface area contributed by atoms with Crippen molar-refractivity contribution in [2.45, 2.75) is 102 Å². The third-order valence-electron chi connectivity index (χ3n) is 12.0. The Balaban J connectivity index is 0.836. The van der Waals surface area contributed by atoms with Crippen LogP contribution in [0.1, 0.15) is 115 Å². The predicted octanol–water partition coefficient (Wildman–Crippen LogP) is 7.31. The number of aromatic nitrogens is 2. The Morgan fingerprint density at radius 1 is 0.983 bits per heavy atom. The summed E-state index contributed by atoms with van der Waals surface area (Å²) in [6.07, 6.45) is 7.25. The number of aliphatic hydroxyl groups excluding tert-OH is 1. The van der Waals surface area contributed by atoms with Gasteiger partial charge >= 0.3 is 0 Å². The Kier molecular flexibility index (Phi) is 13.2. The summed E-state index contributed by atoms with van der Waals surface area (Å²) < 4.78 is 55.6. The third kappa shape index (κ3) is 9.52. The fourth-order valence-corrected chi connectivity index (χ4v) is 8.59. The summed E-state index contributed by atoms with van der Waals surface area (Å²) >= 11 is 0. The second-order valence-electron chi connectivity index (χ2n) is 16.2. The number of alkyl halides is 2. The van der Waals surface area contributed by atoms with Crippen molar-refractivity contribution in [1.29, 1.82) is 0 Å². The molecule has 7 rings (SSSR count). The van der Waals surface area contributed by atoms with E-state index in [4.69, 9.17) is 14.6 Å². The Hall–Kier alpha value is -5.28. The molecule has 2 atom stereocenters. The number of imide groups is 1. The van der Waals surface area contributed by atoms with Crippen LogP contribution in [0, 0.1) is 12.7 Å². The van der Waals surface area contributed by atoms with Crippen LogP contribution in [0.3, 0.4) is 0 Å². The lowest BCUT2D eigenvalue weighted by Crippen LogP contribution is -2.52. The maximum absolute atomic E-state index is 15.4. The summed E-state index contributed by atoms with van der Waals surface area (Å²) in [5, 5.41) is 15.5. The molecule has 1 aromatic heterocycles. The number of anilines is 1. The number of methoxy groups -OCH3 is 1. The van der Waals surface area contributed by atoms with Crippen molar-refractivity contribution >= 4 is 34.4 Å². The van der Waals surface area contributed by atoms with Gasteiger partial charge in [0.15, 0.2) is 11.5 Å². The van der Waals surface area contributed by atoms with Crippen molar-refractivity contribution in [3.05, 3.63) is 88.0 Å². The van der Waals surface area contributed by atoms with E-state index in [1.807, 2.05) is 25.1 Å². The molecule has 0 radical (unpaired) electrons. The van der Waals surface area contributed by atoms with Gasteiger partial charge in [-0.2, -0.15) is 8.78 Å². The summed E-state index contributed by atoms with van der Waals surface area (Å²) in [6, 6.07) is 11.7. The lowest BCUT2D eigenvalue weighted by Gasteiger charge is -2.32. The van der Waals surface area contributed by atoms with Crippen LogP contribution >= 0.6 is 0 Å². The van der Waals surface area contributed by atoms with Gasteiger partial charge in [0, 0.05) is 41.6 Å². The second kappa shape index (κ2) is 18.5. The Bertz CT molecular complexity index is 2230. The maximum Gasteiger partial charge on any atom is 0.295 e. The molecule has 2 saturated heterocycles. The Morgan fingerprint density at radius 2 is 1.75 bits per heavy atom. The highest BCUT2D eigenvalue weighted by molar-refractivity contribution is 6.05. The summed E-state index contributed by atoms with van der Waals surface area (Å²) in [6.45, 7) is 5.88. The molecule has 0 bridgehead atoms. The number of fused-ring (bicyclic) bond motifs is 2. The number of nitrogens with zero attached hydrogens (tertiary/aromatic N) is 4. The van der Waals surface area contributed by atoms with Gasteiger partial charge in [0.25, 0.3) is 11.8 Å². The summed E-state index contributed by atoms with van der Waals surface area (Å²) in [5.41, 5.74) is 2.70. The molecule has 12 nitrogen and oxygen atoms in total. The number of likely N-dealkylation sites (tertiary alicyclic amines) is 1. The van der Waals surface area contributed by atoms with Gasteiger partial charge in [0.1, 0.15) is 30.1 Å². The van der Waals surface area contributed by atoms with Crippen molar-refractivity contribution in [2.24, 2.45) is 0 Å². The summed E-state index contributed by atoms with van der Waals surface area (Å²) in [4.78, 5) is 50.2. The van der Waals surface area contributed by atoms with Gasteiger partial charge in [0.2, 0.25) is 11.8 Å². The lowest BCUT2D eigenvalue weighted by molar-refractivity contribution is -0.136. The molecule has 3 aliphatic rings. The molecule has 60 heavy (non-hydrogen) atoms. The minimum Gasteiger partial charge on any atom is -0.493 e. The molecule has 0 spiro atoms. The minimum absolute atomic E-state index is 0.0681. The zero-order valence-electron chi connectivity index (χ0n) is 34.4. The topological polar surface area (TPSA) is 146 Å². The molecular weight excluding hydrogens is 778 g/mol. The van der Waals surface area contributed by atoms with Crippen LogP contribution in [0.15, 0.2) is 48.5 Å². The fourth-order valence-electron chi connectivity index (χ4n) is 8.59. The van der Waals surface area contributed by atoms with Gasteiger partial charge in [-0.1, -0.05) is 43.5 Å². The standard InChI is InChI=1S/C45H53F3N6O6/c1-27(30-10-9-11-32(20-30)45(47,48)26-55)49-42-35-23-39(59-3)40(24-37(35)50-28(2)51-42)60-19-8-6-4-5-7-16-53-17-14-29(15-18-53)33-21-31-25-54(44(58)34(31)22-36(33)46)38-12-13-41(56)52-43(38)57/h9-11,20-24,27,29,38,55H,4-8,12-19,25-26H2,1-3H3,(H,49,50,51)(H,52,56,57)/t27-,38?/m0/s1. The Labute approximate surface area is 347 Å². The fraction of sp³-hybridized carbons (Fsp3) is 0.489. The number of carbonyl (C=O) groups is 3. The van der Waals surface area contributed by atoms with Crippen LogP contribution in [0.4, 0.5) is 19.0 Å². The summed E-state index contributed by atoms with van der Waals surface area (Å²) in [7, 11) is 1.57. The van der Waals surface area contributed by atoms with Crippen LogP contribution in [0.25, 0.3) is 10.9 Å². The quantitative estimate of drug-likeness (QED) is 0.0732. The molecule has 4 heterocycles. The third-order valence-corrected chi connectivity index (χ3v) is 12.0. The van der Waals surface area contributed by atoms with Crippen molar-refractivity contribution in [3.8, 4) is 11.5 Å². The van der Waals surface area contributed by atoms with Gasteiger partial charge in [-0.25, -0.2) is 14.4 Å². The summed E-state index contributed by atoms with van der Waals surface area (Å²) in [5.74, 6) is -2.64. The molecule has 15 heteroatoms. The first kappa shape index (κ1) is 42.8. The van der Waals surface area contributed by atoms with E-state index in [1.54, 1.807) is 26.2 Å². The monoisotopic (exact) mass is 830 g/mol. The molecule has 1 unspecified atom stereocenters. The number of aryl methyl sites for hydroxylation is 1. The van der Waals surface area contributed by atoms with E-state index in [9.17, 15) is 23.2 Å². The lowest BCUT2D eigenvalue weighted by atomic mass is 9.87. The van der Waals surface area contributed by atoms with Gasteiger partial charge in [-0.3, -0.25) is 19.7 Å². The molecule has 2 fully saturated rings. The largest absolute Gasteiger partial charge is 0.493 e. The highest BCUT2D eigenvalue weighted by Gasteiger charge is 2.40. The average molecular weight is 831 g/mol. The minimum atomic E-state index is -3.34. The van der Waals surface area contributed by atoms with E-state index in [-0.39, 0.29) is 54.5 Å². The number of aliphatic hydroxyl groups is 1. The number of amides is 3. The smallest absolute Gasteiger partial charge is 0.295 e. The average Bonchev–Trinajstić information content (AvgIpc) is 3.55. The molecule has 3 amide bonds. The number of hydrogen-bond donors (Lipinski definition) is 3. The van der Waals surface area contributed by atoms with E-state index in [0.29, 0.717) is 57.3 Å². The Morgan fingerprint density at radius 3 is 2.50 bits per heavy atom. The molecule has 320 valence electrons. The molecule has 4 aromatic rings. The first-order valence-corrected chi connectivity index (χ1v) is 20.9. The van der Waals surface area contributed by atoms with Crippen molar-refractivity contribution in [2.75, 3.05) is 45.3 Å². The second-order valence-corrected chi connectivity index (χ2v) is 16.2. The van der Waals surface area contributed by atoms with E-state index in [2.05, 4.69) is 25.5 Å². The van der Waals surface area contributed by atoms with Crippen molar-refractivity contribution in [3.63, 3.8) is 0 Å². The maximum atomic E-state index is 15.4. The highest BCUT2D eigenvalue weighted by Crippen LogP contribution is 2.38. The normalized spacial score (nSPS) is 18.1. The number of unbranched alkanes of at least 4 members (excludes halogenated alkanes) is 4. The van der Waals surface area contributed by atoms with Gasteiger partial charge < -0.3 is 29.7 Å². The van der Waals surface area contributed by atoms with Crippen LogP contribution in [0.5, 0.6) is 11.5 Å². The number of halogens is 3. The number of nitrogens with one attached hydrogen (secondary N) is 2. The van der Waals surface area contributed by atoms with E-state index in [1.165, 1.54) is 23.1 Å². The first-order chi connectivity index (χ1) is 28.8. The number of hydrogen-bond acceptors (Lipinski definition) is 10. The van der Waals surface area contributed by atoms with Crippen LogP contribution in [-0.4, -0.2) is 88.6 Å². The van der Waals surface area contributed by atoms with E-state index < -0.39 is 24.5 Å². The van der Waals surface area contributed by atoms with E-state index in [0.717, 1.165) is 70.1 Å². The highest BCUT2D eigenvalue weighted by atomic mass is 19.3. The van der Waals surface area contributed by atoms with E-state index >= 15 is 4.39 Å². The molecule has 3 aliphatic heterocycles. The molecule has 3 N–H and O–H groups in total. The van der Waals surface area contributed by atoms with Gasteiger partial charge in [0.05, 0.1) is 19.2 Å². The SMILES string of the molecule is COc1cc2c(N[C@@H](C)c3cccc(C(F)(F)CO)c3)nc(C)nc2cc1OCCCCCCCN1CCC(c2cc3c(cc2F)C(=O)N(C2CCC(=O)NC2=O)C3)CC1. The zero-order chi connectivity index (χ0) is 42.6. The predicted molar refractivity (Wildman–Crippen MR) is 220 cm³/mol.